The topological polar surface area (TPSA) is 100.0 Å². The number of hydrogen-bond acceptors (Lipinski definition) is 7. The zero-order chi connectivity index (χ0) is 13.8. The van der Waals surface area contributed by atoms with Crippen LogP contribution in [0.3, 0.4) is 0 Å². The van der Waals surface area contributed by atoms with E-state index in [9.17, 15) is 0 Å². The van der Waals surface area contributed by atoms with Gasteiger partial charge in [0.05, 0.1) is 13.2 Å². The fourth-order valence-corrected chi connectivity index (χ4v) is 1.55. The van der Waals surface area contributed by atoms with E-state index < -0.39 is 0 Å². The maximum absolute atomic E-state index is 6.04. The number of rotatable bonds is 5. The molecule has 7 nitrogen and oxygen atoms in total. The molecule has 0 amide bonds. The Morgan fingerprint density at radius 2 is 2.21 bits per heavy atom. The van der Waals surface area contributed by atoms with E-state index in [1.807, 2.05) is 6.92 Å². The zero-order valence-electron chi connectivity index (χ0n) is 11.2. The molecule has 2 unspecified atom stereocenters. The normalized spacial score (nSPS) is 14.1. The van der Waals surface area contributed by atoms with E-state index >= 15 is 0 Å². The van der Waals surface area contributed by atoms with Gasteiger partial charge in [-0.25, -0.2) is 9.97 Å². The number of nitrogens with two attached hydrogens (primary N) is 1. The van der Waals surface area contributed by atoms with Gasteiger partial charge < -0.3 is 15.0 Å². The molecule has 0 saturated carbocycles. The van der Waals surface area contributed by atoms with Gasteiger partial charge in [-0.15, -0.1) is 0 Å². The predicted octanol–water partition coefficient (Wildman–Crippen LogP) is 1.58. The largest absolute Gasteiger partial charge is 0.481 e. The molecule has 0 spiro atoms. The minimum absolute atomic E-state index is 0.269. The number of methoxy groups -OCH3 is 1. The fourth-order valence-electron chi connectivity index (χ4n) is 1.55. The summed E-state index contributed by atoms with van der Waals surface area (Å²) in [5.41, 5.74) is 6.58. The second-order valence-electron chi connectivity index (χ2n) is 4.31. The molecule has 0 aliphatic rings. The first-order valence-corrected chi connectivity index (χ1v) is 6.11. The summed E-state index contributed by atoms with van der Waals surface area (Å²) in [7, 11) is 1.53. The summed E-state index contributed by atoms with van der Waals surface area (Å²) in [4.78, 5) is 12.3. The molecule has 0 bridgehead atoms. The average Bonchev–Trinajstić information content (AvgIpc) is 2.95. The Morgan fingerprint density at radius 3 is 2.89 bits per heavy atom. The summed E-state index contributed by atoms with van der Waals surface area (Å²) in [6.07, 6.45) is 2.33. The van der Waals surface area contributed by atoms with Gasteiger partial charge in [-0.2, -0.15) is 4.98 Å². The Bertz CT molecular complexity index is 542. The van der Waals surface area contributed by atoms with E-state index in [4.69, 9.17) is 15.0 Å². The summed E-state index contributed by atoms with van der Waals surface area (Å²) >= 11 is 0. The van der Waals surface area contributed by atoms with Gasteiger partial charge in [-0.05, 0) is 5.92 Å². The molecule has 2 N–H and O–H groups in total. The van der Waals surface area contributed by atoms with Crippen LogP contribution in [0.5, 0.6) is 5.88 Å². The highest BCUT2D eigenvalue weighted by Crippen LogP contribution is 2.23. The third-order valence-corrected chi connectivity index (χ3v) is 3.06. The average molecular weight is 263 g/mol. The van der Waals surface area contributed by atoms with E-state index in [2.05, 4.69) is 27.0 Å². The standard InChI is InChI=1S/C12H17N5O2/c1-4-7(2)10(13)12-16-11(17-19-12)8-5-9(18-3)15-6-14-8/h5-7,10H,4,13H2,1-3H3. The van der Waals surface area contributed by atoms with Gasteiger partial charge in [0, 0.05) is 6.07 Å². The highest BCUT2D eigenvalue weighted by atomic mass is 16.5. The predicted molar refractivity (Wildman–Crippen MR) is 68.3 cm³/mol. The van der Waals surface area contributed by atoms with Crippen LogP contribution in [0.4, 0.5) is 0 Å². The lowest BCUT2D eigenvalue weighted by Crippen LogP contribution is -2.18. The molecule has 2 aromatic heterocycles. The molecule has 0 aromatic carbocycles. The van der Waals surface area contributed by atoms with Crippen molar-refractivity contribution >= 4 is 0 Å². The van der Waals surface area contributed by atoms with Gasteiger partial charge in [0.1, 0.15) is 12.0 Å². The molecular weight excluding hydrogens is 246 g/mol. The van der Waals surface area contributed by atoms with Crippen molar-refractivity contribution in [1.29, 1.82) is 0 Å². The van der Waals surface area contributed by atoms with Gasteiger partial charge in [0.15, 0.2) is 0 Å². The fraction of sp³-hybridized carbons (Fsp3) is 0.500. The maximum Gasteiger partial charge on any atom is 0.244 e. The molecule has 2 heterocycles. The monoisotopic (exact) mass is 263 g/mol. The molecule has 2 atom stereocenters. The lowest BCUT2D eigenvalue weighted by Gasteiger charge is -2.12. The number of nitrogens with zero attached hydrogens (tertiary/aromatic N) is 4. The quantitative estimate of drug-likeness (QED) is 0.873. The Labute approximate surface area is 111 Å². The first kappa shape index (κ1) is 13.4. The highest BCUT2D eigenvalue weighted by molar-refractivity contribution is 5.49. The Kier molecular flexibility index (Phi) is 4.06. The molecule has 7 heteroatoms. The molecule has 2 aromatic rings. The maximum atomic E-state index is 6.04. The molecule has 0 fully saturated rings. The van der Waals surface area contributed by atoms with Crippen molar-refractivity contribution in [2.24, 2.45) is 11.7 Å². The van der Waals surface area contributed by atoms with Gasteiger partial charge >= 0.3 is 0 Å². The van der Waals surface area contributed by atoms with Gasteiger partial charge in [0.25, 0.3) is 0 Å². The lowest BCUT2D eigenvalue weighted by molar-refractivity contribution is 0.312. The molecule has 0 saturated heterocycles. The van der Waals surface area contributed by atoms with Crippen molar-refractivity contribution < 1.29 is 9.26 Å². The Balaban J connectivity index is 2.25. The van der Waals surface area contributed by atoms with Gasteiger partial charge in [-0.1, -0.05) is 25.4 Å². The van der Waals surface area contributed by atoms with E-state index in [0.717, 1.165) is 6.42 Å². The van der Waals surface area contributed by atoms with Crippen LogP contribution in [0.25, 0.3) is 11.5 Å². The van der Waals surface area contributed by atoms with Crippen molar-refractivity contribution in [3.8, 4) is 17.4 Å². The van der Waals surface area contributed by atoms with E-state index in [0.29, 0.717) is 23.3 Å². The number of aromatic nitrogens is 4. The first-order valence-electron chi connectivity index (χ1n) is 6.11. The number of ether oxygens (including phenoxy) is 1. The molecule has 0 aliphatic heterocycles. The van der Waals surface area contributed by atoms with Crippen molar-refractivity contribution in [3.63, 3.8) is 0 Å². The first-order chi connectivity index (χ1) is 9.15. The Morgan fingerprint density at radius 1 is 1.42 bits per heavy atom. The minimum Gasteiger partial charge on any atom is -0.481 e. The Hall–Kier alpha value is -2.02. The molecule has 0 aliphatic carbocycles. The van der Waals surface area contributed by atoms with E-state index in [1.165, 1.54) is 13.4 Å². The number of hydrogen-bond donors (Lipinski definition) is 1. The molecule has 102 valence electrons. The van der Waals surface area contributed by atoms with Crippen molar-refractivity contribution in [2.75, 3.05) is 7.11 Å². The van der Waals surface area contributed by atoms with Crippen LogP contribution in [0.15, 0.2) is 16.9 Å². The summed E-state index contributed by atoms with van der Waals surface area (Å²) < 4.78 is 10.2. The van der Waals surface area contributed by atoms with E-state index in [-0.39, 0.29) is 12.0 Å². The summed E-state index contributed by atoms with van der Waals surface area (Å²) in [6.45, 7) is 4.11. The highest BCUT2D eigenvalue weighted by Gasteiger charge is 2.21. The third-order valence-electron chi connectivity index (χ3n) is 3.06. The van der Waals surface area contributed by atoms with Crippen LogP contribution < -0.4 is 10.5 Å². The van der Waals surface area contributed by atoms with Crippen molar-refractivity contribution in [3.05, 3.63) is 18.3 Å². The van der Waals surface area contributed by atoms with Gasteiger partial charge in [-0.3, -0.25) is 0 Å². The third kappa shape index (κ3) is 2.87. The molecular formula is C12H17N5O2. The van der Waals surface area contributed by atoms with Crippen molar-refractivity contribution in [1.82, 2.24) is 20.1 Å². The summed E-state index contributed by atoms with van der Waals surface area (Å²) in [5, 5.41) is 3.89. The smallest absolute Gasteiger partial charge is 0.244 e. The summed E-state index contributed by atoms with van der Waals surface area (Å²) in [6, 6.07) is 1.37. The van der Waals surface area contributed by atoms with Crippen LogP contribution in [0.1, 0.15) is 32.2 Å². The summed E-state index contributed by atoms with van der Waals surface area (Å²) in [5.74, 6) is 1.52. The van der Waals surface area contributed by atoms with Crippen LogP contribution >= 0.6 is 0 Å². The van der Waals surface area contributed by atoms with Crippen LogP contribution in [0.2, 0.25) is 0 Å². The second-order valence-corrected chi connectivity index (χ2v) is 4.31. The lowest BCUT2D eigenvalue weighted by atomic mass is 10.0. The van der Waals surface area contributed by atoms with E-state index in [1.54, 1.807) is 6.07 Å². The van der Waals surface area contributed by atoms with Gasteiger partial charge in [0.2, 0.25) is 17.6 Å². The minimum atomic E-state index is -0.269. The van der Waals surface area contributed by atoms with Crippen LogP contribution in [0, 0.1) is 5.92 Å². The van der Waals surface area contributed by atoms with Crippen molar-refractivity contribution in [2.45, 2.75) is 26.3 Å². The zero-order valence-corrected chi connectivity index (χ0v) is 11.2. The molecule has 0 radical (unpaired) electrons. The van der Waals surface area contributed by atoms with Crippen LogP contribution in [-0.4, -0.2) is 27.2 Å². The second kappa shape index (κ2) is 5.75. The van der Waals surface area contributed by atoms with Crippen LogP contribution in [-0.2, 0) is 0 Å². The molecule has 19 heavy (non-hydrogen) atoms. The SMILES string of the molecule is CCC(C)C(N)c1nc(-c2cc(OC)ncn2)no1. The molecule has 2 rings (SSSR count).